The van der Waals surface area contributed by atoms with Gasteiger partial charge in [0.25, 0.3) is 0 Å². The lowest BCUT2D eigenvalue weighted by molar-refractivity contribution is 0.0731. The molecule has 0 N–H and O–H groups in total. The van der Waals surface area contributed by atoms with Crippen molar-refractivity contribution < 1.29 is 19.0 Å². The van der Waals surface area contributed by atoms with E-state index in [2.05, 4.69) is 4.98 Å². The highest BCUT2D eigenvalue weighted by molar-refractivity contribution is 5.95. The van der Waals surface area contributed by atoms with Gasteiger partial charge in [0.1, 0.15) is 11.3 Å². The first-order valence-corrected chi connectivity index (χ1v) is 6.98. The van der Waals surface area contributed by atoms with Crippen LogP contribution >= 0.6 is 0 Å². The minimum absolute atomic E-state index is 0.299. The number of ether oxygens (including phenoxy) is 3. The summed E-state index contributed by atoms with van der Waals surface area (Å²) in [7, 11) is 4.90. The van der Waals surface area contributed by atoms with Crippen molar-refractivity contribution in [1.29, 1.82) is 0 Å². The summed E-state index contributed by atoms with van der Waals surface area (Å²) in [5, 5.41) is 0. The summed E-state index contributed by atoms with van der Waals surface area (Å²) in [5.74, 6) is 0.725. The number of fused-ring (bicyclic) bond motifs is 1. The molecule has 0 atom stereocenters. The first-order valence-electron chi connectivity index (χ1n) is 6.98. The summed E-state index contributed by atoms with van der Waals surface area (Å²) in [4.78, 5) is 16.7. The molecule has 6 nitrogen and oxygen atoms in total. The van der Waals surface area contributed by atoms with E-state index in [1.807, 2.05) is 17.7 Å². The van der Waals surface area contributed by atoms with Gasteiger partial charge in [0.05, 0.1) is 31.6 Å². The fourth-order valence-corrected chi connectivity index (χ4v) is 2.39. The molecule has 3 rings (SSSR count). The highest BCUT2D eigenvalue weighted by Crippen LogP contribution is 2.31. The van der Waals surface area contributed by atoms with Crippen molar-refractivity contribution in [3.05, 3.63) is 48.3 Å². The van der Waals surface area contributed by atoms with Gasteiger partial charge in [0.15, 0.2) is 11.5 Å². The molecule has 0 spiro atoms. The molecule has 0 aliphatic carbocycles. The van der Waals surface area contributed by atoms with Gasteiger partial charge in [-0.2, -0.15) is 0 Å². The Morgan fingerprint density at radius 1 is 1.13 bits per heavy atom. The van der Waals surface area contributed by atoms with Crippen molar-refractivity contribution in [2.75, 3.05) is 14.2 Å². The number of esters is 1. The van der Waals surface area contributed by atoms with E-state index >= 15 is 0 Å². The molecule has 0 saturated heterocycles. The van der Waals surface area contributed by atoms with Crippen LogP contribution in [0.4, 0.5) is 0 Å². The predicted molar refractivity (Wildman–Crippen MR) is 85.2 cm³/mol. The molecule has 23 heavy (non-hydrogen) atoms. The minimum Gasteiger partial charge on any atom is -0.493 e. The number of rotatable bonds is 4. The van der Waals surface area contributed by atoms with Gasteiger partial charge in [-0.3, -0.25) is 0 Å². The normalized spacial score (nSPS) is 10.6. The molecular weight excluding hydrogens is 296 g/mol. The van der Waals surface area contributed by atoms with Gasteiger partial charge < -0.3 is 18.8 Å². The van der Waals surface area contributed by atoms with Crippen molar-refractivity contribution in [1.82, 2.24) is 9.55 Å². The van der Waals surface area contributed by atoms with Crippen LogP contribution in [0.2, 0.25) is 0 Å². The maximum Gasteiger partial charge on any atom is 0.347 e. The maximum atomic E-state index is 12.4. The van der Waals surface area contributed by atoms with E-state index in [1.54, 1.807) is 36.7 Å². The van der Waals surface area contributed by atoms with Crippen LogP contribution < -0.4 is 14.2 Å². The fourth-order valence-electron chi connectivity index (χ4n) is 2.39. The zero-order chi connectivity index (χ0) is 16.4. The van der Waals surface area contributed by atoms with E-state index in [1.165, 1.54) is 14.2 Å². The lowest BCUT2D eigenvalue weighted by atomic mass is 10.2. The summed E-state index contributed by atoms with van der Waals surface area (Å²) in [6, 6.07) is 10.4. The average molecular weight is 312 g/mol. The molecule has 6 heteroatoms. The summed E-state index contributed by atoms with van der Waals surface area (Å²) < 4.78 is 17.8. The lowest BCUT2D eigenvalue weighted by Gasteiger charge is -2.12. The van der Waals surface area contributed by atoms with Crippen LogP contribution in [0, 0.1) is 0 Å². The monoisotopic (exact) mass is 312 g/mol. The van der Waals surface area contributed by atoms with Gasteiger partial charge in [0, 0.05) is 13.1 Å². The van der Waals surface area contributed by atoms with E-state index in [4.69, 9.17) is 14.2 Å². The van der Waals surface area contributed by atoms with Crippen molar-refractivity contribution in [3.63, 3.8) is 0 Å². The number of carbonyl (C=O) groups excluding carboxylic acids is 1. The van der Waals surface area contributed by atoms with Crippen LogP contribution in [0.15, 0.2) is 42.7 Å². The van der Waals surface area contributed by atoms with Gasteiger partial charge in [-0.1, -0.05) is 6.07 Å². The summed E-state index contributed by atoms with van der Waals surface area (Å²) in [6.07, 6.45) is 1.71. The number of para-hydroxylation sites is 1. The highest BCUT2D eigenvalue weighted by Gasteiger charge is 2.18. The number of nitrogens with zero attached hydrogens (tertiary/aromatic N) is 2. The molecule has 0 saturated carbocycles. The molecule has 2 aromatic carbocycles. The van der Waals surface area contributed by atoms with Gasteiger partial charge >= 0.3 is 5.97 Å². The second kappa shape index (κ2) is 6.00. The zero-order valence-corrected chi connectivity index (χ0v) is 13.1. The van der Waals surface area contributed by atoms with Gasteiger partial charge in [0.2, 0.25) is 0 Å². The van der Waals surface area contributed by atoms with Crippen LogP contribution in [-0.2, 0) is 7.05 Å². The van der Waals surface area contributed by atoms with E-state index in [-0.39, 0.29) is 0 Å². The largest absolute Gasteiger partial charge is 0.493 e. The topological polar surface area (TPSA) is 62.6 Å². The standard InChI is InChI=1S/C17H16N2O4/c1-19-10-18-13-9-11(7-8-14(13)19)23-17(20)12-5-4-6-15(21-2)16(12)22-3/h4-10H,1-3H3. The third-order valence-corrected chi connectivity index (χ3v) is 3.53. The molecule has 0 unspecified atom stereocenters. The smallest absolute Gasteiger partial charge is 0.347 e. The first kappa shape index (κ1) is 14.9. The molecule has 0 amide bonds. The number of benzene rings is 2. The molecule has 0 fully saturated rings. The molecule has 3 aromatic rings. The second-order valence-electron chi connectivity index (χ2n) is 4.94. The van der Waals surface area contributed by atoms with Crippen molar-refractivity contribution in [2.24, 2.45) is 7.05 Å². The first-order chi connectivity index (χ1) is 11.1. The number of carbonyl (C=O) groups is 1. The van der Waals surface area contributed by atoms with Crippen LogP contribution in [0.5, 0.6) is 17.2 Å². The van der Waals surface area contributed by atoms with E-state index < -0.39 is 5.97 Å². The molecule has 0 radical (unpaired) electrons. The molecule has 0 bridgehead atoms. The van der Waals surface area contributed by atoms with Crippen LogP contribution in [0.3, 0.4) is 0 Å². The minimum atomic E-state index is -0.518. The number of hydrogen-bond donors (Lipinski definition) is 0. The van der Waals surface area contributed by atoms with Crippen molar-refractivity contribution in [2.45, 2.75) is 0 Å². The maximum absolute atomic E-state index is 12.4. The fraction of sp³-hybridized carbons (Fsp3) is 0.176. The Kier molecular flexibility index (Phi) is 3.89. The molecule has 1 heterocycles. The predicted octanol–water partition coefficient (Wildman–Crippen LogP) is 2.81. The molecule has 0 aliphatic rings. The third-order valence-electron chi connectivity index (χ3n) is 3.53. The SMILES string of the molecule is COc1cccc(C(=O)Oc2ccc3c(c2)ncn3C)c1OC. The number of aromatic nitrogens is 2. The molecule has 118 valence electrons. The summed E-state index contributed by atoms with van der Waals surface area (Å²) >= 11 is 0. The van der Waals surface area contributed by atoms with Crippen LogP contribution in [0.25, 0.3) is 11.0 Å². The van der Waals surface area contributed by atoms with E-state index in [0.29, 0.717) is 22.8 Å². The lowest BCUT2D eigenvalue weighted by Crippen LogP contribution is -2.10. The number of aryl methyl sites for hydroxylation is 1. The molecule has 1 aromatic heterocycles. The Morgan fingerprint density at radius 2 is 1.96 bits per heavy atom. The number of imidazole rings is 1. The molecular formula is C17H16N2O4. The van der Waals surface area contributed by atoms with Gasteiger partial charge in [-0.15, -0.1) is 0 Å². The van der Waals surface area contributed by atoms with Crippen LogP contribution in [0.1, 0.15) is 10.4 Å². The highest BCUT2D eigenvalue weighted by atomic mass is 16.5. The Labute approximate surface area is 133 Å². The Balaban J connectivity index is 1.91. The van der Waals surface area contributed by atoms with Crippen LogP contribution in [-0.4, -0.2) is 29.7 Å². The summed E-state index contributed by atoms with van der Waals surface area (Å²) in [6.45, 7) is 0. The Morgan fingerprint density at radius 3 is 2.70 bits per heavy atom. The Hall–Kier alpha value is -3.02. The van der Waals surface area contributed by atoms with Crippen molar-refractivity contribution >= 4 is 17.0 Å². The second-order valence-corrected chi connectivity index (χ2v) is 4.94. The quantitative estimate of drug-likeness (QED) is 0.547. The Bertz CT molecular complexity index is 870. The third kappa shape index (κ3) is 2.70. The van der Waals surface area contributed by atoms with E-state index in [0.717, 1.165) is 11.0 Å². The number of methoxy groups -OCH3 is 2. The molecule has 0 aliphatic heterocycles. The summed E-state index contributed by atoms with van der Waals surface area (Å²) in [5.41, 5.74) is 2.02. The van der Waals surface area contributed by atoms with Gasteiger partial charge in [-0.25, -0.2) is 9.78 Å². The van der Waals surface area contributed by atoms with Gasteiger partial charge in [-0.05, 0) is 24.3 Å². The van der Waals surface area contributed by atoms with Crippen molar-refractivity contribution in [3.8, 4) is 17.2 Å². The average Bonchev–Trinajstić information content (AvgIpc) is 2.94. The van der Waals surface area contributed by atoms with E-state index in [9.17, 15) is 4.79 Å². The number of hydrogen-bond acceptors (Lipinski definition) is 5. The zero-order valence-electron chi connectivity index (χ0n) is 13.1.